The van der Waals surface area contributed by atoms with E-state index < -0.39 is 5.92 Å². The number of nitrogens with zero attached hydrogens (tertiary/aromatic N) is 1. The minimum absolute atomic E-state index is 0.0373. The number of phenols is 1. The van der Waals surface area contributed by atoms with Crippen LogP contribution in [0.4, 0.5) is 5.69 Å². The zero-order valence-corrected chi connectivity index (χ0v) is 12.8. The van der Waals surface area contributed by atoms with E-state index in [-0.39, 0.29) is 30.0 Å². The van der Waals surface area contributed by atoms with Crippen LogP contribution in [0.5, 0.6) is 5.75 Å². The van der Waals surface area contributed by atoms with E-state index in [1.165, 1.54) is 12.1 Å². The van der Waals surface area contributed by atoms with Crippen LogP contribution in [0.2, 0.25) is 0 Å². The molecule has 5 heteroatoms. The van der Waals surface area contributed by atoms with E-state index in [9.17, 15) is 14.7 Å². The fraction of sp³-hybridized carbons (Fsp3) is 0.222. The topological polar surface area (TPSA) is 69.6 Å². The highest BCUT2D eigenvalue weighted by Gasteiger charge is 2.42. The molecule has 0 aromatic heterocycles. The summed E-state index contributed by atoms with van der Waals surface area (Å²) in [6.07, 6.45) is 0.194. The van der Waals surface area contributed by atoms with Gasteiger partial charge in [0.2, 0.25) is 11.8 Å². The molecule has 2 amide bonds. The average Bonchev–Trinajstić information content (AvgIpc) is 2.86. The van der Waals surface area contributed by atoms with Crippen molar-refractivity contribution in [2.75, 3.05) is 12.4 Å². The van der Waals surface area contributed by atoms with Crippen LogP contribution >= 0.6 is 0 Å². The molecule has 0 saturated carbocycles. The van der Waals surface area contributed by atoms with E-state index in [0.717, 1.165) is 5.56 Å². The lowest BCUT2D eigenvalue weighted by atomic mass is 9.93. The lowest BCUT2D eigenvalue weighted by Crippen LogP contribution is -2.29. The van der Waals surface area contributed by atoms with Gasteiger partial charge in [0.15, 0.2) is 0 Å². The number of aromatic hydroxyl groups is 1. The molecule has 23 heavy (non-hydrogen) atoms. The van der Waals surface area contributed by atoms with Crippen molar-refractivity contribution in [3.05, 3.63) is 60.2 Å². The van der Waals surface area contributed by atoms with Gasteiger partial charge in [-0.1, -0.05) is 30.3 Å². The summed E-state index contributed by atoms with van der Waals surface area (Å²) in [5, 5.41) is 12.1. The Labute approximate surface area is 134 Å². The third-order valence-corrected chi connectivity index (χ3v) is 4.20. The molecular formula is C18H18N2O3. The molecule has 2 aromatic rings. The predicted molar refractivity (Wildman–Crippen MR) is 86.8 cm³/mol. The lowest BCUT2D eigenvalue weighted by Gasteiger charge is -2.24. The molecule has 2 N–H and O–H groups in total. The molecule has 5 nitrogen and oxygen atoms in total. The van der Waals surface area contributed by atoms with Gasteiger partial charge in [-0.25, -0.2) is 0 Å². The normalized spacial score (nSPS) is 20.6. The largest absolute Gasteiger partial charge is 0.508 e. The Morgan fingerprint density at radius 1 is 1.13 bits per heavy atom. The average molecular weight is 310 g/mol. The number of amides is 2. The first-order valence-electron chi connectivity index (χ1n) is 7.47. The van der Waals surface area contributed by atoms with Crippen molar-refractivity contribution in [2.45, 2.75) is 12.5 Å². The number of carbonyl (C=O) groups excluding carboxylic acids is 2. The van der Waals surface area contributed by atoms with Crippen LogP contribution < -0.4 is 5.32 Å². The van der Waals surface area contributed by atoms with Crippen molar-refractivity contribution in [3.8, 4) is 5.75 Å². The molecule has 2 aromatic carbocycles. The second-order valence-electron chi connectivity index (χ2n) is 5.71. The number of nitrogens with one attached hydrogen (secondary N) is 1. The Morgan fingerprint density at radius 2 is 1.78 bits per heavy atom. The molecule has 0 aliphatic carbocycles. The van der Waals surface area contributed by atoms with Crippen molar-refractivity contribution in [2.24, 2.45) is 5.92 Å². The zero-order valence-electron chi connectivity index (χ0n) is 12.8. The zero-order chi connectivity index (χ0) is 16.4. The summed E-state index contributed by atoms with van der Waals surface area (Å²) in [7, 11) is 1.73. The first-order chi connectivity index (χ1) is 11.1. The number of carbonyl (C=O) groups is 2. The molecule has 1 heterocycles. The third kappa shape index (κ3) is 3.04. The van der Waals surface area contributed by atoms with Gasteiger partial charge in [0.1, 0.15) is 5.75 Å². The minimum atomic E-state index is -0.441. The Bertz CT molecular complexity index is 713. The van der Waals surface area contributed by atoms with Crippen LogP contribution in [0.3, 0.4) is 0 Å². The quantitative estimate of drug-likeness (QED) is 0.856. The summed E-state index contributed by atoms with van der Waals surface area (Å²) in [6, 6.07) is 15.6. The maximum Gasteiger partial charge on any atom is 0.230 e. The van der Waals surface area contributed by atoms with Gasteiger partial charge < -0.3 is 15.3 Å². The highest BCUT2D eigenvalue weighted by molar-refractivity contribution is 5.97. The first kappa shape index (κ1) is 15.1. The van der Waals surface area contributed by atoms with Crippen LogP contribution in [0.15, 0.2) is 54.6 Å². The second-order valence-corrected chi connectivity index (χ2v) is 5.71. The van der Waals surface area contributed by atoms with Crippen LogP contribution in [0.1, 0.15) is 18.0 Å². The van der Waals surface area contributed by atoms with Crippen molar-refractivity contribution in [3.63, 3.8) is 0 Å². The van der Waals surface area contributed by atoms with E-state index in [2.05, 4.69) is 5.32 Å². The van der Waals surface area contributed by atoms with Crippen molar-refractivity contribution >= 4 is 17.5 Å². The number of rotatable bonds is 3. The number of benzene rings is 2. The van der Waals surface area contributed by atoms with E-state index in [4.69, 9.17) is 0 Å². The van der Waals surface area contributed by atoms with E-state index >= 15 is 0 Å². The molecule has 1 fully saturated rings. The number of hydrogen-bond donors (Lipinski definition) is 2. The SMILES string of the molecule is CN1C(=O)CC(C(=O)Nc2ccc(O)cc2)C1c1ccccc1. The molecule has 1 aliphatic rings. The molecule has 0 spiro atoms. The summed E-state index contributed by atoms with van der Waals surface area (Å²) < 4.78 is 0. The van der Waals surface area contributed by atoms with Gasteiger partial charge >= 0.3 is 0 Å². The highest BCUT2D eigenvalue weighted by atomic mass is 16.3. The van der Waals surface area contributed by atoms with Crippen LogP contribution in [-0.2, 0) is 9.59 Å². The minimum Gasteiger partial charge on any atom is -0.508 e. The molecule has 3 rings (SSSR count). The molecule has 0 radical (unpaired) electrons. The molecule has 2 unspecified atom stereocenters. The van der Waals surface area contributed by atoms with E-state index in [1.807, 2.05) is 30.3 Å². The first-order valence-corrected chi connectivity index (χ1v) is 7.47. The molecule has 1 saturated heterocycles. The van der Waals surface area contributed by atoms with Crippen molar-refractivity contribution < 1.29 is 14.7 Å². The fourth-order valence-electron chi connectivity index (χ4n) is 2.99. The summed E-state index contributed by atoms with van der Waals surface area (Å²) in [4.78, 5) is 26.3. The fourth-order valence-corrected chi connectivity index (χ4v) is 2.99. The monoisotopic (exact) mass is 310 g/mol. The van der Waals surface area contributed by atoms with Crippen LogP contribution in [0, 0.1) is 5.92 Å². The van der Waals surface area contributed by atoms with Crippen molar-refractivity contribution in [1.29, 1.82) is 0 Å². The van der Waals surface area contributed by atoms with Crippen molar-refractivity contribution in [1.82, 2.24) is 4.90 Å². The van der Waals surface area contributed by atoms with Gasteiger partial charge in [-0.15, -0.1) is 0 Å². The number of anilines is 1. The lowest BCUT2D eigenvalue weighted by molar-refractivity contribution is -0.127. The predicted octanol–water partition coefficient (Wildman–Crippen LogP) is 2.55. The van der Waals surface area contributed by atoms with Gasteiger partial charge in [-0.3, -0.25) is 9.59 Å². The van der Waals surface area contributed by atoms with Gasteiger partial charge in [-0.2, -0.15) is 0 Å². The van der Waals surface area contributed by atoms with Gasteiger partial charge in [0, 0.05) is 19.2 Å². The third-order valence-electron chi connectivity index (χ3n) is 4.20. The standard InChI is InChI=1S/C18H18N2O3/c1-20-16(22)11-15(17(20)12-5-3-2-4-6-12)18(23)19-13-7-9-14(21)10-8-13/h2-10,15,17,21H,11H2,1H3,(H,19,23). The number of likely N-dealkylation sites (tertiary alicyclic amines) is 1. The van der Waals surface area contributed by atoms with E-state index in [1.54, 1.807) is 24.1 Å². The Balaban J connectivity index is 1.83. The summed E-state index contributed by atoms with van der Waals surface area (Å²) in [5.41, 5.74) is 1.55. The van der Waals surface area contributed by atoms with E-state index in [0.29, 0.717) is 5.69 Å². The van der Waals surface area contributed by atoms with Crippen LogP contribution in [-0.4, -0.2) is 28.9 Å². The Kier molecular flexibility index (Phi) is 4.02. The maximum atomic E-state index is 12.6. The molecule has 118 valence electrons. The Morgan fingerprint density at radius 3 is 2.43 bits per heavy atom. The summed E-state index contributed by atoms with van der Waals surface area (Å²) in [6.45, 7) is 0. The van der Waals surface area contributed by atoms with Gasteiger partial charge in [-0.05, 0) is 29.8 Å². The Hall–Kier alpha value is -2.82. The van der Waals surface area contributed by atoms with Crippen LogP contribution in [0.25, 0.3) is 0 Å². The summed E-state index contributed by atoms with van der Waals surface area (Å²) >= 11 is 0. The number of phenolic OH excluding ortho intramolecular Hbond substituents is 1. The summed E-state index contributed by atoms with van der Waals surface area (Å²) in [5.74, 6) is -0.531. The second kappa shape index (κ2) is 6.12. The molecule has 2 atom stereocenters. The highest BCUT2D eigenvalue weighted by Crippen LogP contribution is 2.37. The molecule has 1 aliphatic heterocycles. The number of hydrogen-bond acceptors (Lipinski definition) is 3. The smallest absolute Gasteiger partial charge is 0.230 e. The van der Waals surface area contributed by atoms with Gasteiger partial charge in [0.05, 0.1) is 12.0 Å². The molecule has 0 bridgehead atoms. The molecular weight excluding hydrogens is 292 g/mol. The maximum absolute atomic E-state index is 12.6. The van der Waals surface area contributed by atoms with Gasteiger partial charge in [0.25, 0.3) is 0 Å².